The fourth-order valence-electron chi connectivity index (χ4n) is 1.86. The number of nitro groups is 1. The summed E-state index contributed by atoms with van der Waals surface area (Å²) in [6, 6.07) is 1.73. The largest absolute Gasteiger partial charge is 0.369 e. The van der Waals surface area contributed by atoms with Gasteiger partial charge in [0.1, 0.15) is 12.0 Å². The number of hydrogen-bond acceptors (Lipinski definition) is 5. The van der Waals surface area contributed by atoms with Crippen LogP contribution in [0.4, 0.5) is 11.5 Å². The predicted molar refractivity (Wildman–Crippen MR) is 69.6 cm³/mol. The van der Waals surface area contributed by atoms with Crippen LogP contribution in [0.1, 0.15) is 18.4 Å². The zero-order chi connectivity index (χ0) is 12.3. The van der Waals surface area contributed by atoms with E-state index in [4.69, 9.17) is 0 Å². The van der Waals surface area contributed by atoms with Crippen molar-refractivity contribution in [3.8, 4) is 0 Å². The van der Waals surface area contributed by atoms with E-state index in [1.54, 1.807) is 13.0 Å². The molecule has 17 heavy (non-hydrogen) atoms. The van der Waals surface area contributed by atoms with Crippen LogP contribution in [0.15, 0.2) is 12.3 Å². The number of aryl methyl sites for hydroxylation is 1. The van der Waals surface area contributed by atoms with Gasteiger partial charge in [0.25, 0.3) is 5.69 Å². The van der Waals surface area contributed by atoms with Crippen molar-refractivity contribution in [2.24, 2.45) is 0 Å². The van der Waals surface area contributed by atoms with E-state index in [9.17, 15) is 10.1 Å². The molecule has 1 aromatic heterocycles. The Kier molecular flexibility index (Phi) is 3.83. The molecule has 0 spiro atoms. The molecule has 1 N–H and O–H groups in total. The van der Waals surface area contributed by atoms with Gasteiger partial charge in [-0.1, -0.05) is 0 Å². The summed E-state index contributed by atoms with van der Waals surface area (Å²) in [6.45, 7) is 2.62. The molecule has 1 aromatic rings. The van der Waals surface area contributed by atoms with E-state index in [1.807, 2.05) is 11.8 Å². The van der Waals surface area contributed by atoms with Crippen LogP contribution in [0, 0.1) is 17.0 Å². The summed E-state index contributed by atoms with van der Waals surface area (Å²) in [5, 5.41) is 14.5. The lowest BCUT2D eigenvalue weighted by atomic mass is 10.2. The highest BCUT2D eigenvalue weighted by Crippen LogP contribution is 2.26. The molecule has 0 bridgehead atoms. The third-order valence-electron chi connectivity index (χ3n) is 2.81. The van der Waals surface area contributed by atoms with Gasteiger partial charge < -0.3 is 5.32 Å². The van der Waals surface area contributed by atoms with E-state index in [1.165, 1.54) is 24.8 Å². The van der Waals surface area contributed by atoms with Crippen molar-refractivity contribution in [3.05, 3.63) is 27.9 Å². The van der Waals surface area contributed by atoms with Crippen molar-refractivity contribution < 1.29 is 4.92 Å². The molecule has 5 nitrogen and oxygen atoms in total. The molecule has 0 amide bonds. The molecule has 0 aromatic carbocycles. The Bertz CT molecular complexity index is 419. The van der Waals surface area contributed by atoms with Gasteiger partial charge in [0.2, 0.25) is 0 Å². The second-order valence-corrected chi connectivity index (χ2v) is 5.54. The summed E-state index contributed by atoms with van der Waals surface area (Å²) in [6.07, 6.45) is 3.84. The molecule has 0 aliphatic carbocycles. The lowest BCUT2D eigenvalue weighted by molar-refractivity contribution is -0.385. The second kappa shape index (κ2) is 5.35. The summed E-state index contributed by atoms with van der Waals surface area (Å²) in [7, 11) is 0. The summed E-state index contributed by atoms with van der Waals surface area (Å²) < 4.78 is 0. The lowest BCUT2D eigenvalue weighted by Gasteiger charge is -2.10. The highest BCUT2D eigenvalue weighted by atomic mass is 32.2. The standard InChI is InChI=1S/C11H15N3O2S/c1-8-5-11(13-7-10(8)14(15)16)12-6-9-3-2-4-17-9/h5,7,9H,2-4,6H2,1H3,(H,12,13). The Hall–Kier alpha value is -1.30. The van der Waals surface area contributed by atoms with E-state index in [0.29, 0.717) is 10.8 Å². The molecule has 1 saturated heterocycles. The fourth-order valence-corrected chi connectivity index (χ4v) is 3.06. The molecule has 1 aliphatic heterocycles. The third-order valence-corrected chi connectivity index (χ3v) is 4.21. The van der Waals surface area contributed by atoms with Gasteiger partial charge in [0.15, 0.2) is 0 Å². The van der Waals surface area contributed by atoms with Crippen LogP contribution in [0.25, 0.3) is 0 Å². The molecule has 1 fully saturated rings. The van der Waals surface area contributed by atoms with Gasteiger partial charge in [0, 0.05) is 17.4 Å². The normalized spacial score (nSPS) is 19.2. The van der Waals surface area contributed by atoms with Gasteiger partial charge in [0.05, 0.1) is 4.92 Å². The first-order chi connectivity index (χ1) is 8.16. The van der Waals surface area contributed by atoms with Crippen LogP contribution in [0.5, 0.6) is 0 Å². The topological polar surface area (TPSA) is 68.1 Å². The van der Waals surface area contributed by atoms with Crippen molar-refractivity contribution >= 4 is 23.3 Å². The van der Waals surface area contributed by atoms with E-state index < -0.39 is 4.92 Å². The first-order valence-corrected chi connectivity index (χ1v) is 6.68. The Morgan fingerprint density at radius 1 is 1.71 bits per heavy atom. The molecule has 0 radical (unpaired) electrons. The van der Waals surface area contributed by atoms with Crippen LogP contribution in [-0.4, -0.2) is 27.5 Å². The minimum atomic E-state index is -0.404. The summed E-state index contributed by atoms with van der Waals surface area (Å²) in [5.41, 5.74) is 0.720. The Labute approximate surface area is 104 Å². The molecule has 1 atom stereocenters. The minimum absolute atomic E-state index is 0.0748. The molecular weight excluding hydrogens is 238 g/mol. The number of thioether (sulfide) groups is 1. The van der Waals surface area contributed by atoms with E-state index in [2.05, 4.69) is 10.3 Å². The second-order valence-electron chi connectivity index (χ2n) is 4.13. The van der Waals surface area contributed by atoms with Crippen LogP contribution >= 0.6 is 11.8 Å². The van der Waals surface area contributed by atoms with E-state index in [-0.39, 0.29) is 5.69 Å². The van der Waals surface area contributed by atoms with E-state index >= 15 is 0 Å². The van der Waals surface area contributed by atoms with Gasteiger partial charge >= 0.3 is 0 Å². The molecular formula is C11H15N3O2S. The number of rotatable bonds is 4. The van der Waals surface area contributed by atoms with Crippen LogP contribution in [0.3, 0.4) is 0 Å². The number of anilines is 1. The highest BCUT2D eigenvalue weighted by molar-refractivity contribution is 8.00. The summed E-state index contributed by atoms with van der Waals surface area (Å²) >= 11 is 1.98. The van der Waals surface area contributed by atoms with Gasteiger partial charge in [-0.2, -0.15) is 11.8 Å². The summed E-state index contributed by atoms with van der Waals surface area (Å²) in [4.78, 5) is 14.3. The van der Waals surface area contributed by atoms with Crippen molar-refractivity contribution in [3.63, 3.8) is 0 Å². The zero-order valence-electron chi connectivity index (χ0n) is 9.68. The first-order valence-electron chi connectivity index (χ1n) is 5.63. The fraction of sp³-hybridized carbons (Fsp3) is 0.545. The van der Waals surface area contributed by atoms with Gasteiger partial charge in [-0.3, -0.25) is 10.1 Å². The van der Waals surface area contributed by atoms with Gasteiger partial charge in [-0.05, 0) is 31.6 Å². The van der Waals surface area contributed by atoms with Crippen LogP contribution in [-0.2, 0) is 0 Å². The maximum atomic E-state index is 10.6. The molecule has 2 rings (SSSR count). The molecule has 92 valence electrons. The molecule has 1 aliphatic rings. The molecule has 0 saturated carbocycles. The number of aromatic nitrogens is 1. The number of nitrogens with one attached hydrogen (secondary N) is 1. The average molecular weight is 253 g/mol. The molecule has 2 heterocycles. The van der Waals surface area contributed by atoms with Gasteiger partial charge in [-0.25, -0.2) is 4.98 Å². The highest BCUT2D eigenvalue weighted by Gasteiger charge is 2.16. The lowest BCUT2D eigenvalue weighted by Crippen LogP contribution is -2.14. The van der Waals surface area contributed by atoms with Crippen molar-refractivity contribution in [2.45, 2.75) is 25.0 Å². The van der Waals surface area contributed by atoms with Crippen molar-refractivity contribution in [1.29, 1.82) is 0 Å². The molecule has 6 heteroatoms. The Morgan fingerprint density at radius 3 is 3.12 bits per heavy atom. The average Bonchev–Trinajstić information content (AvgIpc) is 2.78. The Morgan fingerprint density at radius 2 is 2.53 bits per heavy atom. The van der Waals surface area contributed by atoms with Gasteiger partial charge in [-0.15, -0.1) is 0 Å². The first kappa shape index (κ1) is 12.2. The maximum Gasteiger partial charge on any atom is 0.290 e. The minimum Gasteiger partial charge on any atom is -0.369 e. The van der Waals surface area contributed by atoms with Crippen molar-refractivity contribution in [1.82, 2.24) is 4.98 Å². The SMILES string of the molecule is Cc1cc(NCC2CCCS2)ncc1[N+](=O)[O-]. The maximum absolute atomic E-state index is 10.6. The quantitative estimate of drug-likeness (QED) is 0.660. The number of nitrogens with zero attached hydrogens (tertiary/aromatic N) is 2. The number of pyridine rings is 1. The summed E-state index contributed by atoms with van der Waals surface area (Å²) in [5.74, 6) is 1.96. The van der Waals surface area contributed by atoms with E-state index in [0.717, 1.165) is 12.4 Å². The Balaban J connectivity index is 1.97. The third kappa shape index (κ3) is 3.09. The van der Waals surface area contributed by atoms with Crippen LogP contribution in [0.2, 0.25) is 0 Å². The zero-order valence-corrected chi connectivity index (χ0v) is 10.5. The number of hydrogen-bond donors (Lipinski definition) is 1. The smallest absolute Gasteiger partial charge is 0.290 e. The van der Waals surface area contributed by atoms with Crippen LogP contribution < -0.4 is 5.32 Å². The monoisotopic (exact) mass is 253 g/mol. The van der Waals surface area contributed by atoms with Crippen molar-refractivity contribution in [2.75, 3.05) is 17.6 Å². The molecule has 1 unspecified atom stereocenters. The predicted octanol–water partition coefficient (Wildman–Crippen LogP) is 2.61.